The van der Waals surface area contributed by atoms with Crippen molar-refractivity contribution in [3.05, 3.63) is 0 Å². The Morgan fingerprint density at radius 3 is 2.62 bits per heavy atom. The molecule has 3 atom stereocenters. The molecule has 122 valence electrons. The molecule has 1 heterocycles. The molecule has 1 amide bonds. The smallest absolute Gasteiger partial charge is 0.356 e. The van der Waals surface area contributed by atoms with Gasteiger partial charge < -0.3 is 10.6 Å². The van der Waals surface area contributed by atoms with Crippen LogP contribution in [-0.2, 0) is 4.79 Å². The summed E-state index contributed by atoms with van der Waals surface area (Å²) in [5.41, 5.74) is 0. The lowest BCUT2D eigenvalue weighted by Crippen LogP contribution is -2.40. The van der Waals surface area contributed by atoms with Gasteiger partial charge in [-0.2, -0.15) is 13.2 Å². The second kappa shape index (κ2) is 7.47. The van der Waals surface area contributed by atoms with Gasteiger partial charge in [0.1, 0.15) is 0 Å². The maximum Gasteiger partial charge on any atom is 0.392 e. The predicted molar refractivity (Wildman–Crippen MR) is 74.7 cm³/mol. The van der Waals surface area contributed by atoms with Crippen molar-refractivity contribution in [3.8, 4) is 0 Å². The van der Waals surface area contributed by atoms with E-state index in [0.29, 0.717) is 25.2 Å². The van der Waals surface area contributed by atoms with Gasteiger partial charge in [0.05, 0.1) is 5.92 Å². The minimum absolute atomic E-state index is 0.103. The molecule has 1 saturated carbocycles. The third-order valence-corrected chi connectivity index (χ3v) is 4.83. The molecule has 0 spiro atoms. The number of amides is 1. The van der Waals surface area contributed by atoms with Gasteiger partial charge in [0.2, 0.25) is 5.91 Å². The number of alkyl halides is 3. The third kappa shape index (κ3) is 5.16. The van der Waals surface area contributed by atoms with Crippen molar-refractivity contribution in [1.29, 1.82) is 0 Å². The number of hydrogen-bond donors (Lipinski definition) is 2. The summed E-state index contributed by atoms with van der Waals surface area (Å²) in [5.74, 6) is -1.26. The molecule has 0 aromatic rings. The molecule has 3 nitrogen and oxygen atoms in total. The normalized spacial score (nSPS) is 30.3. The van der Waals surface area contributed by atoms with E-state index in [4.69, 9.17) is 0 Å². The topological polar surface area (TPSA) is 41.1 Å². The average Bonchev–Trinajstić information content (AvgIpc) is 2.95. The maximum atomic E-state index is 12.9. The fourth-order valence-corrected chi connectivity index (χ4v) is 3.51. The first-order chi connectivity index (χ1) is 9.97. The average molecular weight is 306 g/mol. The SMILES string of the molecule is O=C(CCC1CCNC1)NCC1CCCCC1C(F)(F)F. The zero-order valence-corrected chi connectivity index (χ0v) is 12.3. The zero-order chi connectivity index (χ0) is 15.3. The molecule has 0 aromatic carbocycles. The van der Waals surface area contributed by atoms with Gasteiger partial charge in [0, 0.05) is 13.0 Å². The van der Waals surface area contributed by atoms with Gasteiger partial charge in [0.15, 0.2) is 0 Å². The first-order valence-corrected chi connectivity index (χ1v) is 8.01. The summed E-state index contributed by atoms with van der Waals surface area (Å²) >= 11 is 0. The molecule has 1 saturated heterocycles. The molecule has 2 N–H and O–H groups in total. The lowest BCUT2D eigenvalue weighted by molar-refractivity contribution is -0.195. The Bertz CT molecular complexity index is 340. The van der Waals surface area contributed by atoms with Gasteiger partial charge in [-0.15, -0.1) is 0 Å². The number of halogens is 3. The Balaban J connectivity index is 1.71. The van der Waals surface area contributed by atoms with Crippen molar-refractivity contribution in [1.82, 2.24) is 10.6 Å². The monoisotopic (exact) mass is 306 g/mol. The molecule has 3 unspecified atom stereocenters. The summed E-state index contributed by atoms with van der Waals surface area (Å²) in [4.78, 5) is 11.8. The Labute approximate surface area is 124 Å². The molecule has 2 aliphatic rings. The summed E-state index contributed by atoms with van der Waals surface area (Å²) in [7, 11) is 0. The van der Waals surface area contributed by atoms with Gasteiger partial charge in [-0.1, -0.05) is 12.8 Å². The molecule has 1 aliphatic heterocycles. The van der Waals surface area contributed by atoms with Crippen LogP contribution in [0.25, 0.3) is 0 Å². The van der Waals surface area contributed by atoms with E-state index >= 15 is 0 Å². The van der Waals surface area contributed by atoms with Gasteiger partial charge >= 0.3 is 6.18 Å². The minimum Gasteiger partial charge on any atom is -0.356 e. The Morgan fingerprint density at radius 1 is 1.19 bits per heavy atom. The number of carbonyl (C=O) groups excluding carboxylic acids is 1. The largest absolute Gasteiger partial charge is 0.392 e. The molecule has 0 bridgehead atoms. The molecule has 2 rings (SSSR count). The quantitative estimate of drug-likeness (QED) is 0.820. The fraction of sp³-hybridized carbons (Fsp3) is 0.933. The van der Waals surface area contributed by atoms with E-state index in [1.54, 1.807) is 0 Å². The van der Waals surface area contributed by atoms with Crippen LogP contribution in [0.1, 0.15) is 44.9 Å². The molecular formula is C15H25F3N2O. The summed E-state index contributed by atoms with van der Waals surface area (Å²) < 4.78 is 38.8. The van der Waals surface area contributed by atoms with E-state index in [-0.39, 0.29) is 18.9 Å². The van der Waals surface area contributed by atoms with Crippen LogP contribution in [0.4, 0.5) is 13.2 Å². The predicted octanol–water partition coefficient (Wildman–Crippen LogP) is 2.86. The molecule has 2 fully saturated rings. The molecule has 1 aliphatic carbocycles. The van der Waals surface area contributed by atoms with Crippen LogP contribution in [0.5, 0.6) is 0 Å². The highest BCUT2D eigenvalue weighted by Crippen LogP contribution is 2.41. The van der Waals surface area contributed by atoms with Crippen LogP contribution in [0.2, 0.25) is 0 Å². The van der Waals surface area contributed by atoms with Crippen LogP contribution in [0, 0.1) is 17.8 Å². The summed E-state index contributed by atoms with van der Waals surface area (Å²) in [6.07, 6.45) is 0.457. The van der Waals surface area contributed by atoms with Crippen LogP contribution in [-0.4, -0.2) is 31.7 Å². The zero-order valence-electron chi connectivity index (χ0n) is 12.3. The van der Waals surface area contributed by atoms with Crippen LogP contribution >= 0.6 is 0 Å². The summed E-state index contributed by atoms with van der Waals surface area (Å²) in [6.45, 7) is 2.12. The minimum atomic E-state index is -4.13. The highest BCUT2D eigenvalue weighted by atomic mass is 19.4. The second-order valence-electron chi connectivity index (χ2n) is 6.39. The van der Waals surface area contributed by atoms with Gasteiger partial charge in [-0.3, -0.25) is 4.79 Å². The fourth-order valence-electron chi connectivity index (χ4n) is 3.51. The van der Waals surface area contributed by atoms with Crippen LogP contribution < -0.4 is 10.6 Å². The molecule has 0 radical (unpaired) electrons. The van der Waals surface area contributed by atoms with Gasteiger partial charge in [-0.05, 0) is 50.6 Å². The first kappa shape index (κ1) is 16.6. The number of hydrogen-bond acceptors (Lipinski definition) is 2. The van der Waals surface area contributed by atoms with E-state index in [1.165, 1.54) is 0 Å². The Hall–Kier alpha value is -0.780. The summed E-state index contributed by atoms with van der Waals surface area (Å²) in [5, 5.41) is 5.96. The first-order valence-electron chi connectivity index (χ1n) is 8.01. The molecule has 6 heteroatoms. The van der Waals surface area contributed by atoms with Crippen LogP contribution in [0.15, 0.2) is 0 Å². The van der Waals surface area contributed by atoms with Crippen molar-refractivity contribution in [2.24, 2.45) is 17.8 Å². The van der Waals surface area contributed by atoms with E-state index < -0.39 is 18.0 Å². The standard InChI is InChI=1S/C15H25F3N2O/c16-15(17,18)13-4-2-1-3-12(13)10-20-14(21)6-5-11-7-8-19-9-11/h11-13,19H,1-10H2,(H,20,21). The van der Waals surface area contributed by atoms with E-state index in [1.807, 2.05) is 0 Å². The van der Waals surface area contributed by atoms with Crippen LogP contribution in [0.3, 0.4) is 0 Å². The van der Waals surface area contributed by atoms with E-state index in [2.05, 4.69) is 10.6 Å². The highest BCUT2D eigenvalue weighted by molar-refractivity contribution is 5.75. The number of nitrogens with one attached hydrogen (secondary N) is 2. The Kier molecular flexibility index (Phi) is 5.90. The third-order valence-electron chi connectivity index (χ3n) is 4.83. The van der Waals surface area contributed by atoms with E-state index in [9.17, 15) is 18.0 Å². The van der Waals surface area contributed by atoms with E-state index in [0.717, 1.165) is 32.4 Å². The molecular weight excluding hydrogens is 281 g/mol. The van der Waals surface area contributed by atoms with Crippen molar-refractivity contribution in [3.63, 3.8) is 0 Å². The molecule has 21 heavy (non-hydrogen) atoms. The summed E-state index contributed by atoms with van der Waals surface area (Å²) in [6, 6.07) is 0. The number of rotatable bonds is 5. The van der Waals surface area contributed by atoms with Gasteiger partial charge in [-0.25, -0.2) is 0 Å². The second-order valence-corrected chi connectivity index (χ2v) is 6.39. The van der Waals surface area contributed by atoms with Crippen molar-refractivity contribution in [2.75, 3.05) is 19.6 Å². The lowest BCUT2D eigenvalue weighted by Gasteiger charge is -2.33. The van der Waals surface area contributed by atoms with Crippen molar-refractivity contribution >= 4 is 5.91 Å². The number of carbonyl (C=O) groups is 1. The van der Waals surface area contributed by atoms with Crippen molar-refractivity contribution in [2.45, 2.75) is 51.1 Å². The molecule has 0 aromatic heterocycles. The van der Waals surface area contributed by atoms with Crippen molar-refractivity contribution < 1.29 is 18.0 Å². The lowest BCUT2D eigenvalue weighted by atomic mass is 9.78. The Morgan fingerprint density at radius 2 is 1.95 bits per heavy atom. The van der Waals surface area contributed by atoms with Gasteiger partial charge in [0.25, 0.3) is 0 Å². The maximum absolute atomic E-state index is 12.9. The highest BCUT2D eigenvalue weighted by Gasteiger charge is 2.45.